The molecule has 2 aromatic rings. The Balaban J connectivity index is 1.94. The van der Waals surface area contributed by atoms with Crippen molar-refractivity contribution < 1.29 is 23.0 Å². The van der Waals surface area contributed by atoms with E-state index in [1.54, 1.807) is 33.3 Å². The fourth-order valence-corrected chi connectivity index (χ4v) is 3.05. The van der Waals surface area contributed by atoms with Gasteiger partial charge in [-0.25, -0.2) is 8.78 Å². The van der Waals surface area contributed by atoms with Gasteiger partial charge >= 0.3 is 0 Å². The number of benzene rings is 2. The summed E-state index contributed by atoms with van der Waals surface area (Å²) in [5, 5.41) is 2.36. The first kappa shape index (κ1) is 19.1. The predicted molar refractivity (Wildman–Crippen MR) is 93.1 cm³/mol. The van der Waals surface area contributed by atoms with Gasteiger partial charge in [-0.05, 0) is 42.8 Å². The van der Waals surface area contributed by atoms with Crippen LogP contribution in [0.4, 0.5) is 8.78 Å². The molecular formula is C18H19F2NO3S. The molecule has 1 N–H and O–H groups in total. The van der Waals surface area contributed by atoms with E-state index in [9.17, 15) is 13.6 Å². The number of ether oxygens (including phenoxy) is 2. The van der Waals surface area contributed by atoms with Crippen molar-refractivity contribution in [1.29, 1.82) is 0 Å². The lowest BCUT2D eigenvalue weighted by Gasteiger charge is -2.13. The van der Waals surface area contributed by atoms with E-state index in [2.05, 4.69) is 5.32 Å². The van der Waals surface area contributed by atoms with Crippen LogP contribution in [0, 0.1) is 11.6 Å². The molecule has 0 aliphatic rings. The number of amides is 1. The standard InChI is InChI=1S/C18H19F2NO3S/c1-11(25-13-5-6-14(19)15(20)9-13)18(22)21-10-12-4-7-16(23-2)17(8-12)24-3/h4-9,11H,10H2,1-3H3,(H,21,22)/t11-/m0/s1. The second kappa shape index (κ2) is 8.71. The van der Waals surface area contributed by atoms with Crippen molar-refractivity contribution in [2.45, 2.75) is 23.6 Å². The topological polar surface area (TPSA) is 47.6 Å². The van der Waals surface area contributed by atoms with E-state index >= 15 is 0 Å². The lowest BCUT2D eigenvalue weighted by molar-refractivity contribution is -0.120. The monoisotopic (exact) mass is 367 g/mol. The Labute approximate surface area is 149 Å². The highest BCUT2D eigenvalue weighted by molar-refractivity contribution is 8.00. The summed E-state index contributed by atoms with van der Waals surface area (Å²) in [5.74, 6) is -0.847. The summed E-state index contributed by atoms with van der Waals surface area (Å²) in [6.07, 6.45) is 0. The molecule has 0 saturated carbocycles. The molecule has 134 valence electrons. The van der Waals surface area contributed by atoms with Crippen LogP contribution in [0.2, 0.25) is 0 Å². The maximum Gasteiger partial charge on any atom is 0.233 e. The van der Waals surface area contributed by atoms with Gasteiger partial charge in [0.25, 0.3) is 0 Å². The molecule has 0 unspecified atom stereocenters. The molecule has 2 rings (SSSR count). The average Bonchev–Trinajstić information content (AvgIpc) is 2.62. The van der Waals surface area contributed by atoms with E-state index in [0.717, 1.165) is 29.5 Å². The van der Waals surface area contributed by atoms with Gasteiger partial charge < -0.3 is 14.8 Å². The third-order valence-corrected chi connectivity index (χ3v) is 4.58. The quantitative estimate of drug-likeness (QED) is 0.757. The Morgan fingerprint density at radius 2 is 1.80 bits per heavy atom. The van der Waals surface area contributed by atoms with Gasteiger partial charge in [0.2, 0.25) is 5.91 Å². The average molecular weight is 367 g/mol. The zero-order valence-electron chi connectivity index (χ0n) is 14.1. The van der Waals surface area contributed by atoms with Crippen LogP contribution >= 0.6 is 11.8 Å². The summed E-state index contributed by atoms with van der Waals surface area (Å²) in [6.45, 7) is 2.03. The smallest absolute Gasteiger partial charge is 0.233 e. The summed E-state index contributed by atoms with van der Waals surface area (Å²) in [6, 6.07) is 8.95. The summed E-state index contributed by atoms with van der Waals surface area (Å²) in [5.41, 5.74) is 0.857. The van der Waals surface area contributed by atoms with Gasteiger partial charge in [0.1, 0.15) is 0 Å². The van der Waals surface area contributed by atoms with E-state index in [-0.39, 0.29) is 5.91 Å². The third kappa shape index (κ3) is 5.09. The van der Waals surface area contributed by atoms with Gasteiger partial charge in [-0.15, -0.1) is 11.8 Å². The van der Waals surface area contributed by atoms with Crippen LogP contribution in [0.15, 0.2) is 41.3 Å². The van der Waals surface area contributed by atoms with Gasteiger partial charge in [0, 0.05) is 11.4 Å². The Kier molecular flexibility index (Phi) is 6.64. The van der Waals surface area contributed by atoms with Crippen LogP contribution in [0.5, 0.6) is 11.5 Å². The number of rotatable bonds is 7. The molecule has 0 aromatic heterocycles. The molecule has 1 atom stereocenters. The van der Waals surface area contributed by atoms with Crippen molar-refractivity contribution in [3.63, 3.8) is 0 Å². The molecule has 0 spiro atoms. The van der Waals surface area contributed by atoms with Crippen LogP contribution in [0.1, 0.15) is 12.5 Å². The van der Waals surface area contributed by atoms with Gasteiger partial charge in [0.15, 0.2) is 23.1 Å². The van der Waals surface area contributed by atoms with Crippen LogP contribution in [0.25, 0.3) is 0 Å². The first-order chi connectivity index (χ1) is 11.9. The molecule has 0 radical (unpaired) electrons. The maximum atomic E-state index is 13.2. The van der Waals surface area contributed by atoms with Crippen LogP contribution in [-0.4, -0.2) is 25.4 Å². The Bertz CT molecular complexity index is 755. The highest BCUT2D eigenvalue weighted by Crippen LogP contribution is 2.28. The number of hydrogen-bond donors (Lipinski definition) is 1. The van der Waals surface area contributed by atoms with E-state index in [0.29, 0.717) is 22.9 Å². The molecule has 0 bridgehead atoms. The fraction of sp³-hybridized carbons (Fsp3) is 0.278. The minimum Gasteiger partial charge on any atom is -0.493 e. The first-order valence-corrected chi connectivity index (χ1v) is 8.43. The van der Waals surface area contributed by atoms with Crippen molar-refractivity contribution >= 4 is 17.7 Å². The normalized spacial score (nSPS) is 11.7. The second-order valence-corrected chi connectivity index (χ2v) is 6.66. The number of methoxy groups -OCH3 is 2. The zero-order chi connectivity index (χ0) is 18.4. The highest BCUT2D eigenvalue weighted by atomic mass is 32.2. The number of thioether (sulfide) groups is 1. The Morgan fingerprint density at radius 3 is 2.44 bits per heavy atom. The van der Waals surface area contributed by atoms with Crippen molar-refractivity contribution in [1.82, 2.24) is 5.32 Å². The number of carbonyl (C=O) groups excluding carboxylic acids is 1. The lowest BCUT2D eigenvalue weighted by Crippen LogP contribution is -2.30. The van der Waals surface area contributed by atoms with E-state index in [4.69, 9.17) is 9.47 Å². The number of carbonyl (C=O) groups is 1. The lowest BCUT2D eigenvalue weighted by atomic mass is 10.2. The number of halogens is 2. The Hall–Kier alpha value is -2.28. The first-order valence-electron chi connectivity index (χ1n) is 7.55. The SMILES string of the molecule is COc1ccc(CNC(=O)[C@H](C)Sc2ccc(F)c(F)c2)cc1OC. The molecular weight excluding hydrogens is 348 g/mol. The molecule has 7 heteroatoms. The molecule has 25 heavy (non-hydrogen) atoms. The summed E-state index contributed by atoms with van der Waals surface area (Å²) in [4.78, 5) is 12.7. The van der Waals surface area contributed by atoms with Crippen molar-refractivity contribution in [2.75, 3.05) is 14.2 Å². The molecule has 0 aliphatic carbocycles. The minimum absolute atomic E-state index is 0.204. The summed E-state index contributed by atoms with van der Waals surface area (Å²) < 4.78 is 36.5. The Morgan fingerprint density at radius 1 is 1.08 bits per heavy atom. The van der Waals surface area contributed by atoms with Crippen LogP contribution in [-0.2, 0) is 11.3 Å². The number of nitrogens with one attached hydrogen (secondary N) is 1. The van der Waals surface area contributed by atoms with Crippen molar-refractivity contribution in [2.24, 2.45) is 0 Å². The van der Waals surface area contributed by atoms with Gasteiger partial charge in [-0.1, -0.05) is 6.07 Å². The molecule has 2 aromatic carbocycles. The summed E-state index contributed by atoms with van der Waals surface area (Å²) in [7, 11) is 3.09. The predicted octanol–water partition coefficient (Wildman–Crippen LogP) is 3.78. The zero-order valence-corrected chi connectivity index (χ0v) is 15.0. The van der Waals surface area contributed by atoms with Gasteiger partial charge in [-0.2, -0.15) is 0 Å². The summed E-state index contributed by atoms with van der Waals surface area (Å²) >= 11 is 1.16. The van der Waals surface area contributed by atoms with Crippen molar-refractivity contribution in [3.05, 3.63) is 53.6 Å². The third-order valence-electron chi connectivity index (χ3n) is 3.49. The van der Waals surface area contributed by atoms with E-state index in [1.807, 2.05) is 6.07 Å². The minimum atomic E-state index is -0.928. The molecule has 4 nitrogen and oxygen atoms in total. The molecule has 0 heterocycles. The maximum absolute atomic E-state index is 13.2. The fourth-order valence-electron chi connectivity index (χ4n) is 2.13. The van der Waals surface area contributed by atoms with Crippen LogP contribution in [0.3, 0.4) is 0 Å². The molecule has 0 saturated heterocycles. The second-order valence-electron chi connectivity index (χ2n) is 5.24. The van der Waals surface area contributed by atoms with E-state index in [1.165, 1.54) is 6.07 Å². The van der Waals surface area contributed by atoms with Crippen LogP contribution < -0.4 is 14.8 Å². The highest BCUT2D eigenvalue weighted by Gasteiger charge is 2.15. The van der Waals surface area contributed by atoms with Gasteiger partial charge in [-0.3, -0.25) is 4.79 Å². The number of hydrogen-bond acceptors (Lipinski definition) is 4. The van der Waals surface area contributed by atoms with Gasteiger partial charge in [0.05, 0.1) is 19.5 Å². The largest absolute Gasteiger partial charge is 0.493 e. The molecule has 0 fully saturated rings. The molecule has 1 amide bonds. The van der Waals surface area contributed by atoms with Crippen molar-refractivity contribution in [3.8, 4) is 11.5 Å². The van der Waals surface area contributed by atoms with E-state index < -0.39 is 16.9 Å². The molecule has 0 aliphatic heterocycles.